The van der Waals surface area contributed by atoms with E-state index in [2.05, 4.69) is 37.2 Å². The Kier molecular flexibility index (Phi) is 3.92. The van der Waals surface area contributed by atoms with Gasteiger partial charge < -0.3 is 15.2 Å². The Morgan fingerprint density at radius 2 is 1.76 bits per heavy atom. The molecular formula is C15H12Br2NO3-. The van der Waals surface area contributed by atoms with E-state index >= 15 is 0 Å². The number of benzene rings is 1. The monoisotopic (exact) mass is 412 g/mol. The third-order valence-corrected chi connectivity index (χ3v) is 6.10. The lowest BCUT2D eigenvalue weighted by Crippen LogP contribution is -2.42. The van der Waals surface area contributed by atoms with Crippen LogP contribution in [-0.4, -0.2) is 11.9 Å². The standard InChI is InChI=1S/C15H13Br2NO3/c16-10-4-3-9(6-11(10)17)18-14(19)12-7-1-2-8(5-7)13(12)15(20)21/h1-4,6-8,12-13H,5H2,(H,18,19)(H,20,21)/p-1/t7-,8+,12+,13+/m0/s1. The minimum absolute atomic E-state index is 0.00297. The second-order valence-electron chi connectivity index (χ2n) is 5.44. The van der Waals surface area contributed by atoms with Crippen LogP contribution < -0.4 is 10.4 Å². The van der Waals surface area contributed by atoms with Gasteiger partial charge in [-0.05, 0) is 68.3 Å². The Morgan fingerprint density at radius 1 is 1.10 bits per heavy atom. The number of anilines is 1. The molecule has 1 amide bonds. The molecule has 0 heterocycles. The number of hydrogen-bond acceptors (Lipinski definition) is 3. The van der Waals surface area contributed by atoms with Gasteiger partial charge in [-0.2, -0.15) is 0 Å². The first-order valence-electron chi connectivity index (χ1n) is 6.62. The SMILES string of the molecule is O=C([O-])[C@H]1[C@H](C(=O)Nc2ccc(Br)c(Br)c2)[C@H]2C=C[C@@H]1C2. The molecule has 0 unspecified atom stereocenters. The van der Waals surface area contributed by atoms with Crippen molar-refractivity contribution in [3.63, 3.8) is 0 Å². The maximum atomic E-state index is 12.5. The van der Waals surface area contributed by atoms with Crippen LogP contribution in [0.4, 0.5) is 5.69 Å². The molecule has 110 valence electrons. The number of carboxylic acids is 1. The van der Waals surface area contributed by atoms with E-state index in [1.54, 1.807) is 12.1 Å². The highest BCUT2D eigenvalue weighted by Gasteiger charge is 2.48. The largest absolute Gasteiger partial charge is 0.550 e. The van der Waals surface area contributed by atoms with Crippen molar-refractivity contribution >= 4 is 49.4 Å². The molecule has 2 aliphatic carbocycles. The molecule has 4 atom stereocenters. The van der Waals surface area contributed by atoms with Crippen LogP contribution in [0.25, 0.3) is 0 Å². The number of carboxylic acid groups (broad SMARTS) is 1. The third-order valence-electron chi connectivity index (χ3n) is 4.22. The van der Waals surface area contributed by atoms with Crippen molar-refractivity contribution in [3.8, 4) is 0 Å². The summed E-state index contributed by atoms with van der Waals surface area (Å²) in [4.78, 5) is 23.8. The lowest BCUT2D eigenvalue weighted by atomic mass is 9.82. The van der Waals surface area contributed by atoms with Gasteiger partial charge in [0.15, 0.2) is 0 Å². The zero-order valence-corrected chi connectivity index (χ0v) is 14.1. The fourth-order valence-electron chi connectivity index (χ4n) is 3.30. The van der Waals surface area contributed by atoms with Gasteiger partial charge >= 0.3 is 0 Å². The first kappa shape index (κ1) is 14.8. The summed E-state index contributed by atoms with van der Waals surface area (Å²) in [5.41, 5.74) is 0.638. The molecule has 1 N–H and O–H groups in total. The van der Waals surface area contributed by atoms with E-state index in [-0.39, 0.29) is 17.7 Å². The summed E-state index contributed by atoms with van der Waals surface area (Å²) < 4.78 is 1.71. The maximum absolute atomic E-state index is 12.5. The van der Waals surface area contributed by atoms with E-state index in [0.717, 1.165) is 15.4 Å². The molecule has 21 heavy (non-hydrogen) atoms. The van der Waals surface area contributed by atoms with Crippen LogP contribution in [-0.2, 0) is 9.59 Å². The molecule has 6 heteroatoms. The lowest BCUT2D eigenvalue weighted by Gasteiger charge is -2.27. The van der Waals surface area contributed by atoms with Gasteiger partial charge in [0.2, 0.25) is 5.91 Å². The van der Waals surface area contributed by atoms with E-state index < -0.39 is 17.8 Å². The number of carbonyl (C=O) groups is 2. The summed E-state index contributed by atoms with van der Waals surface area (Å²) in [7, 11) is 0. The second-order valence-corrected chi connectivity index (χ2v) is 7.15. The van der Waals surface area contributed by atoms with Crippen LogP contribution in [0.15, 0.2) is 39.3 Å². The molecule has 2 aliphatic rings. The smallest absolute Gasteiger partial charge is 0.228 e. The van der Waals surface area contributed by atoms with Gasteiger partial charge in [-0.1, -0.05) is 12.2 Å². The number of allylic oxidation sites excluding steroid dienone is 2. The minimum atomic E-state index is -1.14. The van der Waals surface area contributed by atoms with Gasteiger partial charge in [-0.15, -0.1) is 0 Å². The van der Waals surface area contributed by atoms with Crippen LogP contribution in [0.5, 0.6) is 0 Å². The number of carbonyl (C=O) groups excluding carboxylic acids is 2. The third kappa shape index (κ3) is 2.66. The number of fused-ring (bicyclic) bond motifs is 2. The van der Waals surface area contributed by atoms with E-state index in [4.69, 9.17) is 0 Å². The minimum Gasteiger partial charge on any atom is -0.550 e. The van der Waals surface area contributed by atoms with Crippen molar-refractivity contribution in [2.45, 2.75) is 6.42 Å². The molecule has 0 aliphatic heterocycles. The zero-order chi connectivity index (χ0) is 15.1. The van der Waals surface area contributed by atoms with E-state index in [1.165, 1.54) is 0 Å². The summed E-state index contributed by atoms with van der Waals surface area (Å²) >= 11 is 6.74. The molecule has 0 saturated heterocycles. The average molecular weight is 414 g/mol. The van der Waals surface area contributed by atoms with Crippen molar-refractivity contribution in [2.75, 3.05) is 5.32 Å². The fraction of sp³-hybridized carbons (Fsp3) is 0.333. The molecule has 1 fully saturated rings. The molecule has 1 aromatic rings. The van der Waals surface area contributed by atoms with Crippen molar-refractivity contribution in [2.24, 2.45) is 23.7 Å². The van der Waals surface area contributed by atoms with Crippen LogP contribution in [0.1, 0.15) is 6.42 Å². The lowest BCUT2D eigenvalue weighted by molar-refractivity contribution is -0.313. The summed E-state index contributed by atoms with van der Waals surface area (Å²) in [6, 6.07) is 5.36. The van der Waals surface area contributed by atoms with Gasteiger partial charge in [0.1, 0.15) is 0 Å². The average Bonchev–Trinajstić information content (AvgIpc) is 3.03. The highest BCUT2D eigenvalue weighted by Crippen LogP contribution is 2.48. The Balaban J connectivity index is 1.80. The van der Waals surface area contributed by atoms with E-state index in [9.17, 15) is 14.7 Å². The summed E-state index contributed by atoms with van der Waals surface area (Å²) in [6.45, 7) is 0. The van der Waals surface area contributed by atoms with Gasteiger partial charge in [0.25, 0.3) is 0 Å². The van der Waals surface area contributed by atoms with Gasteiger partial charge in [-0.3, -0.25) is 4.79 Å². The Bertz CT molecular complexity index is 644. The number of rotatable bonds is 3. The Hall–Kier alpha value is -1.14. The highest BCUT2D eigenvalue weighted by atomic mass is 79.9. The molecule has 3 rings (SSSR count). The number of aliphatic carboxylic acids is 1. The number of nitrogens with one attached hydrogen (secondary N) is 1. The number of halogens is 2. The maximum Gasteiger partial charge on any atom is 0.228 e. The van der Waals surface area contributed by atoms with E-state index in [1.807, 2.05) is 18.2 Å². The quantitative estimate of drug-likeness (QED) is 0.773. The van der Waals surface area contributed by atoms with Gasteiger partial charge in [0.05, 0.1) is 5.92 Å². The van der Waals surface area contributed by atoms with Crippen LogP contribution in [0.2, 0.25) is 0 Å². The predicted octanol–water partition coefficient (Wildman–Crippen LogP) is 2.34. The molecule has 0 aromatic heterocycles. The highest BCUT2D eigenvalue weighted by molar-refractivity contribution is 9.13. The topological polar surface area (TPSA) is 69.2 Å². The number of hydrogen-bond donors (Lipinski definition) is 1. The number of amides is 1. The first-order valence-corrected chi connectivity index (χ1v) is 8.21. The predicted molar refractivity (Wildman–Crippen MR) is 83.2 cm³/mol. The zero-order valence-electron chi connectivity index (χ0n) is 10.9. The summed E-state index contributed by atoms with van der Waals surface area (Å²) in [5, 5.41) is 14.1. The molecule has 0 spiro atoms. The molecular weight excluding hydrogens is 402 g/mol. The van der Waals surface area contributed by atoms with Gasteiger partial charge in [-0.25, -0.2) is 0 Å². The Labute approximate surface area is 138 Å². The molecule has 0 radical (unpaired) electrons. The summed E-state index contributed by atoms with van der Waals surface area (Å²) in [5.74, 6) is -2.74. The van der Waals surface area contributed by atoms with Crippen LogP contribution >= 0.6 is 31.9 Å². The normalized spacial score (nSPS) is 29.6. The van der Waals surface area contributed by atoms with E-state index in [0.29, 0.717) is 5.69 Å². The van der Waals surface area contributed by atoms with Crippen molar-refractivity contribution in [1.29, 1.82) is 0 Å². The van der Waals surface area contributed by atoms with Crippen molar-refractivity contribution in [1.82, 2.24) is 0 Å². The fourth-order valence-corrected chi connectivity index (χ4v) is 3.93. The van der Waals surface area contributed by atoms with Crippen molar-refractivity contribution in [3.05, 3.63) is 39.3 Å². The molecule has 2 bridgehead atoms. The Morgan fingerprint density at radius 3 is 2.38 bits per heavy atom. The first-order chi connectivity index (χ1) is 9.97. The molecule has 1 saturated carbocycles. The second kappa shape index (κ2) is 5.57. The van der Waals surface area contributed by atoms with Crippen molar-refractivity contribution < 1.29 is 14.7 Å². The van der Waals surface area contributed by atoms with Crippen LogP contribution in [0.3, 0.4) is 0 Å². The molecule has 1 aromatic carbocycles. The van der Waals surface area contributed by atoms with Crippen LogP contribution in [0, 0.1) is 23.7 Å². The summed E-state index contributed by atoms with van der Waals surface area (Å²) in [6.07, 6.45) is 4.57. The van der Waals surface area contributed by atoms with Gasteiger partial charge in [0, 0.05) is 26.5 Å². The molecule has 4 nitrogen and oxygen atoms in total.